The lowest BCUT2D eigenvalue weighted by Gasteiger charge is -2.10. The molecule has 4 nitrogen and oxygen atoms in total. The van der Waals surface area contributed by atoms with Crippen molar-refractivity contribution in [1.29, 1.82) is 5.41 Å². The molecule has 0 heterocycles. The van der Waals surface area contributed by atoms with Gasteiger partial charge in [0, 0.05) is 0 Å². The van der Waals surface area contributed by atoms with E-state index in [4.69, 9.17) is 11.1 Å². The van der Waals surface area contributed by atoms with E-state index < -0.39 is 21.3 Å². The van der Waals surface area contributed by atoms with Crippen LogP contribution in [-0.4, -0.2) is 14.3 Å². The Labute approximate surface area is 93.4 Å². The predicted molar refractivity (Wildman–Crippen MR) is 58.4 cm³/mol. The fraction of sp³-hybridized carbons (Fsp3) is 0.125. The van der Waals surface area contributed by atoms with Crippen LogP contribution in [0.4, 0.5) is 3.89 Å². The number of amidine groups is 1. The lowest BCUT2D eigenvalue weighted by Crippen LogP contribution is -2.25. The molecule has 0 spiro atoms. The van der Waals surface area contributed by atoms with Crippen LogP contribution in [0, 0.1) is 5.41 Å². The topological polar surface area (TPSA) is 84.0 Å². The molecule has 15 heavy (non-hydrogen) atoms. The number of benzene rings is 1. The van der Waals surface area contributed by atoms with Crippen molar-refractivity contribution >= 4 is 28.5 Å². The van der Waals surface area contributed by atoms with Crippen LogP contribution in [0.1, 0.15) is 10.8 Å². The second-order valence-corrected chi connectivity index (χ2v) is 4.14. The van der Waals surface area contributed by atoms with E-state index in [-0.39, 0.29) is 18.0 Å². The van der Waals surface area contributed by atoms with Crippen molar-refractivity contribution in [3.63, 3.8) is 0 Å². The number of hydrogen-bond donors (Lipinski definition) is 2. The Hall–Kier alpha value is -1.14. The molecule has 1 aromatic carbocycles. The van der Waals surface area contributed by atoms with Crippen molar-refractivity contribution in [2.75, 3.05) is 0 Å². The van der Waals surface area contributed by atoms with Gasteiger partial charge in [0.15, 0.2) is 5.25 Å². The number of rotatable bonds is 3. The maximum absolute atomic E-state index is 12.7. The zero-order chi connectivity index (χ0) is 10.8. The van der Waals surface area contributed by atoms with Gasteiger partial charge in [-0.25, -0.2) is 0 Å². The third-order valence-electron chi connectivity index (χ3n) is 1.67. The lowest BCUT2D eigenvalue weighted by atomic mass is 10.1. The summed E-state index contributed by atoms with van der Waals surface area (Å²) in [5.74, 6) is -0.723. The Morgan fingerprint density at radius 1 is 1.33 bits per heavy atom. The highest BCUT2D eigenvalue weighted by molar-refractivity contribution is 7.87. The second-order valence-electron chi connectivity index (χ2n) is 2.72. The smallest absolute Gasteiger partial charge is 0.316 e. The first-order valence-electron chi connectivity index (χ1n) is 3.75. The molecule has 0 bridgehead atoms. The normalized spacial score (nSPS) is 12.6. The van der Waals surface area contributed by atoms with E-state index >= 15 is 0 Å². The summed E-state index contributed by atoms with van der Waals surface area (Å²) in [5.41, 5.74) is 5.17. The molecule has 0 saturated carbocycles. The summed E-state index contributed by atoms with van der Waals surface area (Å²) >= 11 is 0. The van der Waals surface area contributed by atoms with E-state index in [0.29, 0.717) is 0 Å². The third kappa shape index (κ3) is 3.49. The molecule has 84 valence electrons. The molecule has 0 aliphatic rings. The van der Waals surface area contributed by atoms with Crippen LogP contribution in [0.5, 0.6) is 0 Å². The Morgan fingerprint density at radius 2 is 1.80 bits per heavy atom. The number of hydrogen-bond acceptors (Lipinski definition) is 3. The van der Waals surface area contributed by atoms with Crippen LogP contribution < -0.4 is 5.73 Å². The van der Waals surface area contributed by atoms with Crippen LogP contribution >= 0.6 is 12.4 Å². The second kappa shape index (κ2) is 5.09. The molecule has 3 N–H and O–H groups in total. The van der Waals surface area contributed by atoms with Crippen LogP contribution in [0.15, 0.2) is 30.3 Å². The molecule has 0 aliphatic carbocycles. The van der Waals surface area contributed by atoms with Gasteiger partial charge in [-0.15, -0.1) is 16.3 Å². The van der Waals surface area contributed by atoms with E-state index in [0.717, 1.165) is 0 Å². The van der Waals surface area contributed by atoms with Gasteiger partial charge in [0.25, 0.3) is 0 Å². The molecule has 0 saturated heterocycles. The fourth-order valence-electron chi connectivity index (χ4n) is 1.12. The van der Waals surface area contributed by atoms with Gasteiger partial charge in [0.05, 0.1) is 0 Å². The predicted octanol–water partition coefficient (Wildman–Crippen LogP) is 1.38. The molecule has 1 unspecified atom stereocenters. The van der Waals surface area contributed by atoms with Gasteiger partial charge in [0.1, 0.15) is 5.84 Å². The molecule has 0 amide bonds. The highest BCUT2D eigenvalue weighted by atomic mass is 35.5. The van der Waals surface area contributed by atoms with E-state index in [1.54, 1.807) is 18.2 Å². The maximum atomic E-state index is 12.7. The highest BCUT2D eigenvalue weighted by Crippen LogP contribution is 2.23. The summed E-state index contributed by atoms with van der Waals surface area (Å²) in [4.78, 5) is 0. The van der Waals surface area contributed by atoms with E-state index in [9.17, 15) is 12.3 Å². The molecule has 0 fully saturated rings. The van der Waals surface area contributed by atoms with Crippen molar-refractivity contribution in [2.24, 2.45) is 5.73 Å². The summed E-state index contributed by atoms with van der Waals surface area (Å²) in [6, 6.07) is 7.57. The average molecular weight is 253 g/mol. The van der Waals surface area contributed by atoms with Gasteiger partial charge >= 0.3 is 10.2 Å². The Morgan fingerprint density at radius 3 is 2.13 bits per heavy atom. The first kappa shape index (κ1) is 13.9. The van der Waals surface area contributed by atoms with Gasteiger partial charge in [-0.1, -0.05) is 30.3 Å². The number of nitrogens with two attached hydrogens (primary N) is 1. The lowest BCUT2D eigenvalue weighted by molar-refractivity contribution is 0.547. The van der Waals surface area contributed by atoms with Gasteiger partial charge in [0.2, 0.25) is 0 Å². The van der Waals surface area contributed by atoms with E-state index in [1.807, 2.05) is 0 Å². The first-order valence-corrected chi connectivity index (χ1v) is 5.20. The quantitative estimate of drug-likeness (QED) is 0.484. The standard InChI is InChI=1S/C8H9FN2O2S.ClH/c9-14(12,13)7(8(10)11)6-4-2-1-3-5-6;/h1-5,7H,(H3,10,11);1H. The average Bonchev–Trinajstić information content (AvgIpc) is 2.02. The molecular formula is C8H10ClFN2O2S. The van der Waals surface area contributed by atoms with Gasteiger partial charge < -0.3 is 5.73 Å². The molecule has 0 aromatic heterocycles. The summed E-state index contributed by atoms with van der Waals surface area (Å²) < 4.78 is 34.1. The molecule has 1 atom stereocenters. The Kier molecular flexibility index (Phi) is 4.70. The SMILES string of the molecule is Cl.N=C(N)C(c1ccccc1)S(=O)(=O)F. The minimum atomic E-state index is -4.87. The van der Waals surface area contributed by atoms with Gasteiger partial charge in [-0.2, -0.15) is 8.42 Å². The van der Waals surface area contributed by atoms with Crippen LogP contribution in [-0.2, 0) is 10.2 Å². The van der Waals surface area contributed by atoms with Crippen molar-refractivity contribution in [3.05, 3.63) is 35.9 Å². The van der Waals surface area contributed by atoms with Crippen LogP contribution in [0.3, 0.4) is 0 Å². The van der Waals surface area contributed by atoms with Crippen molar-refractivity contribution in [1.82, 2.24) is 0 Å². The van der Waals surface area contributed by atoms with Crippen molar-refractivity contribution in [3.8, 4) is 0 Å². The molecule has 1 rings (SSSR count). The molecular weight excluding hydrogens is 243 g/mol. The van der Waals surface area contributed by atoms with Gasteiger partial charge in [-0.05, 0) is 5.56 Å². The monoisotopic (exact) mass is 252 g/mol. The molecule has 1 aromatic rings. The third-order valence-corrected chi connectivity index (χ3v) is 2.76. The summed E-state index contributed by atoms with van der Waals surface area (Å²) in [7, 11) is -4.87. The van der Waals surface area contributed by atoms with Crippen molar-refractivity contribution in [2.45, 2.75) is 5.25 Å². The maximum Gasteiger partial charge on any atom is 0.316 e. The fourth-order valence-corrected chi connectivity index (χ4v) is 1.91. The van der Waals surface area contributed by atoms with Gasteiger partial charge in [-0.3, -0.25) is 5.41 Å². The van der Waals surface area contributed by atoms with Crippen LogP contribution in [0.2, 0.25) is 0 Å². The molecule has 0 aliphatic heterocycles. The van der Waals surface area contributed by atoms with Crippen LogP contribution in [0.25, 0.3) is 0 Å². The summed E-state index contributed by atoms with van der Waals surface area (Å²) in [6.07, 6.45) is 0. The summed E-state index contributed by atoms with van der Waals surface area (Å²) in [6.45, 7) is 0. The highest BCUT2D eigenvalue weighted by Gasteiger charge is 2.29. The molecule has 7 heteroatoms. The van der Waals surface area contributed by atoms with E-state index in [2.05, 4.69) is 0 Å². The number of nitrogens with one attached hydrogen (secondary N) is 1. The minimum absolute atomic E-state index is 0. The zero-order valence-electron chi connectivity index (χ0n) is 7.55. The van der Waals surface area contributed by atoms with E-state index in [1.165, 1.54) is 12.1 Å². The zero-order valence-corrected chi connectivity index (χ0v) is 9.19. The largest absolute Gasteiger partial charge is 0.386 e. The Bertz CT molecular complexity index is 435. The first-order chi connectivity index (χ1) is 6.43. The Balaban J connectivity index is 0.00000196. The molecule has 0 radical (unpaired) electrons. The van der Waals surface area contributed by atoms with Crippen molar-refractivity contribution < 1.29 is 12.3 Å². The summed E-state index contributed by atoms with van der Waals surface area (Å²) in [5, 5.41) is 5.31. The number of halogens is 2. The minimum Gasteiger partial charge on any atom is -0.386 e.